The summed E-state index contributed by atoms with van der Waals surface area (Å²) in [7, 11) is -3.77. The Morgan fingerprint density at radius 1 is 1.00 bits per heavy atom. The minimum Gasteiger partial charge on any atom is -0.483 e. The number of amides is 1. The molecule has 2 aromatic carbocycles. The van der Waals surface area contributed by atoms with Crippen molar-refractivity contribution in [2.24, 2.45) is 0 Å². The first-order chi connectivity index (χ1) is 16.1. The summed E-state index contributed by atoms with van der Waals surface area (Å²) in [5, 5.41) is -0.452. The number of anilines is 1. The first kappa shape index (κ1) is 26.9. The van der Waals surface area contributed by atoms with E-state index in [-0.39, 0.29) is 42.3 Å². The second-order valence-electron chi connectivity index (χ2n) is 7.78. The van der Waals surface area contributed by atoms with E-state index >= 15 is 0 Å². The van der Waals surface area contributed by atoms with Gasteiger partial charge in [-0.3, -0.25) is 4.79 Å². The van der Waals surface area contributed by atoms with Gasteiger partial charge in [0.2, 0.25) is 0 Å². The van der Waals surface area contributed by atoms with Crippen LogP contribution in [0.2, 0.25) is 5.02 Å². The number of ether oxygens (including phenoxy) is 1. The molecule has 14 heteroatoms. The molecule has 0 radical (unpaired) electrons. The van der Waals surface area contributed by atoms with E-state index in [1.165, 1.54) is 11.0 Å². The van der Waals surface area contributed by atoms with Crippen molar-refractivity contribution in [1.29, 1.82) is 0 Å². The lowest BCUT2D eigenvalue weighted by molar-refractivity contribution is -0.153. The number of carbonyl (C=O) groups is 1. The number of hydrogen-bond donors (Lipinski definition) is 0. The number of sulfone groups is 1. The fourth-order valence-corrected chi connectivity index (χ4v) is 4.33. The van der Waals surface area contributed by atoms with Crippen molar-refractivity contribution in [1.82, 2.24) is 4.90 Å². The molecule has 2 aromatic rings. The Hall–Kier alpha value is -2.67. The second-order valence-corrected chi connectivity index (χ2v) is 10.2. The maximum atomic E-state index is 13.2. The average Bonchev–Trinajstić information content (AvgIpc) is 2.75. The molecule has 0 aliphatic carbocycles. The van der Waals surface area contributed by atoms with E-state index in [0.717, 1.165) is 36.6 Å². The second kappa shape index (κ2) is 9.76. The lowest BCUT2D eigenvalue weighted by atomic mass is 10.1. The van der Waals surface area contributed by atoms with Gasteiger partial charge in [0.1, 0.15) is 5.75 Å². The van der Waals surface area contributed by atoms with Gasteiger partial charge in [-0.25, -0.2) is 8.42 Å². The van der Waals surface area contributed by atoms with Crippen LogP contribution in [-0.4, -0.2) is 64.4 Å². The number of alkyl halides is 6. The molecule has 192 valence electrons. The summed E-state index contributed by atoms with van der Waals surface area (Å²) in [4.78, 5) is 15.7. The van der Waals surface area contributed by atoms with Crippen LogP contribution < -0.4 is 9.64 Å². The van der Waals surface area contributed by atoms with Crippen LogP contribution in [0.4, 0.5) is 32.0 Å². The van der Waals surface area contributed by atoms with Crippen LogP contribution in [0.3, 0.4) is 0 Å². The molecule has 1 aliphatic heterocycles. The van der Waals surface area contributed by atoms with E-state index in [2.05, 4.69) is 0 Å². The molecule has 0 spiro atoms. The maximum absolute atomic E-state index is 13.2. The van der Waals surface area contributed by atoms with E-state index in [9.17, 15) is 39.6 Å². The lowest BCUT2D eigenvalue weighted by Gasteiger charge is -2.36. The Labute approximate surface area is 201 Å². The lowest BCUT2D eigenvalue weighted by Crippen LogP contribution is -2.49. The summed E-state index contributed by atoms with van der Waals surface area (Å²) in [6, 6.07) is 6.40. The Morgan fingerprint density at radius 3 is 2.17 bits per heavy atom. The van der Waals surface area contributed by atoms with Crippen molar-refractivity contribution in [3.8, 4) is 5.75 Å². The van der Waals surface area contributed by atoms with E-state index in [0.29, 0.717) is 0 Å². The Balaban J connectivity index is 1.81. The molecule has 6 nitrogen and oxygen atoms in total. The first-order valence-corrected chi connectivity index (χ1v) is 12.3. The monoisotopic (exact) mass is 544 g/mol. The zero-order valence-corrected chi connectivity index (χ0v) is 19.7. The molecule has 1 aliphatic rings. The standard InChI is InChI=1S/C21H19ClF6N2O4S/c1-35(32,33)14-3-5-18(34-12-20(23,24)25)15(11-14)19(31)30-8-6-29(7-9-30)13-2-4-17(22)16(10-13)21(26,27)28/h2-5,10-11H,6-9,12H2,1H3. The van der Waals surface area contributed by atoms with E-state index in [1.54, 1.807) is 4.90 Å². The highest BCUT2D eigenvalue weighted by atomic mass is 35.5. The van der Waals surface area contributed by atoms with E-state index in [4.69, 9.17) is 16.3 Å². The van der Waals surface area contributed by atoms with Gasteiger partial charge in [-0.2, -0.15) is 26.3 Å². The summed E-state index contributed by atoms with van der Waals surface area (Å²) >= 11 is 5.65. The molecule has 0 N–H and O–H groups in total. The number of nitrogens with zero attached hydrogens (tertiary/aromatic N) is 2. The maximum Gasteiger partial charge on any atom is 0.422 e. The number of benzene rings is 2. The zero-order chi connectivity index (χ0) is 26.2. The topological polar surface area (TPSA) is 66.9 Å². The number of rotatable bonds is 5. The predicted octanol–water partition coefficient (Wildman–Crippen LogP) is 4.67. The third kappa shape index (κ3) is 6.72. The molecule has 0 bridgehead atoms. The van der Waals surface area contributed by atoms with Crippen molar-refractivity contribution < 1.29 is 44.3 Å². The van der Waals surface area contributed by atoms with Gasteiger partial charge in [0, 0.05) is 38.1 Å². The van der Waals surface area contributed by atoms with Crippen LogP contribution in [0.15, 0.2) is 41.3 Å². The molecule has 0 unspecified atom stereocenters. The largest absolute Gasteiger partial charge is 0.483 e. The Bertz CT molecular complexity index is 1210. The highest BCUT2D eigenvalue weighted by Gasteiger charge is 2.34. The van der Waals surface area contributed by atoms with E-state index < -0.39 is 51.0 Å². The van der Waals surface area contributed by atoms with Gasteiger partial charge >= 0.3 is 12.4 Å². The average molecular weight is 545 g/mol. The van der Waals surface area contributed by atoms with Gasteiger partial charge in [0.25, 0.3) is 5.91 Å². The quantitative estimate of drug-likeness (QED) is 0.512. The fourth-order valence-electron chi connectivity index (χ4n) is 3.46. The fraction of sp³-hybridized carbons (Fsp3) is 0.381. The van der Waals surface area contributed by atoms with Gasteiger partial charge in [-0.15, -0.1) is 0 Å². The third-order valence-corrected chi connectivity index (χ3v) is 6.63. The van der Waals surface area contributed by atoms with Crippen molar-refractivity contribution >= 4 is 33.0 Å². The van der Waals surface area contributed by atoms with Gasteiger partial charge in [0.05, 0.1) is 21.0 Å². The van der Waals surface area contributed by atoms with Crippen LogP contribution in [0, 0.1) is 0 Å². The zero-order valence-electron chi connectivity index (χ0n) is 18.1. The number of hydrogen-bond acceptors (Lipinski definition) is 5. The highest BCUT2D eigenvalue weighted by molar-refractivity contribution is 7.90. The molecule has 1 saturated heterocycles. The third-order valence-electron chi connectivity index (χ3n) is 5.19. The summed E-state index contributed by atoms with van der Waals surface area (Å²) in [5.74, 6) is -1.20. The molecular weight excluding hydrogens is 526 g/mol. The molecule has 0 atom stereocenters. The van der Waals surface area contributed by atoms with Crippen LogP contribution in [0.1, 0.15) is 15.9 Å². The number of halogens is 7. The van der Waals surface area contributed by atoms with Crippen molar-refractivity contribution in [2.45, 2.75) is 17.2 Å². The van der Waals surface area contributed by atoms with Gasteiger partial charge in [-0.1, -0.05) is 11.6 Å². The van der Waals surface area contributed by atoms with Crippen LogP contribution >= 0.6 is 11.6 Å². The molecule has 0 saturated carbocycles. The van der Waals surface area contributed by atoms with Gasteiger partial charge < -0.3 is 14.5 Å². The first-order valence-electron chi connectivity index (χ1n) is 10.0. The molecule has 0 aromatic heterocycles. The number of piperazine rings is 1. The molecular formula is C21H19ClF6N2O4S. The minimum absolute atomic E-state index is 0.0185. The Morgan fingerprint density at radius 2 is 1.63 bits per heavy atom. The van der Waals surface area contributed by atoms with Crippen LogP contribution in [-0.2, 0) is 16.0 Å². The molecule has 1 heterocycles. The summed E-state index contributed by atoms with van der Waals surface area (Å²) in [6.45, 7) is -1.41. The summed E-state index contributed by atoms with van der Waals surface area (Å²) < 4.78 is 106. The summed E-state index contributed by atoms with van der Waals surface area (Å²) in [5.41, 5.74) is -1.13. The number of carbonyl (C=O) groups excluding carboxylic acids is 1. The van der Waals surface area contributed by atoms with Crippen LogP contribution in [0.5, 0.6) is 5.75 Å². The summed E-state index contributed by atoms with van der Waals surface area (Å²) in [6.07, 6.45) is -8.45. The van der Waals surface area contributed by atoms with Gasteiger partial charge in [-0.05, 0) is 36.4 Å². The van der Waals surface area contributed by atoms with E-state index in [1.807, 2.05) is 0 Å². The smallest absolute Gasteiger partial charge is 0.422 e. The molecule has 1 amide bonds. The Kier molecular flexibility index (Phi) is 7.51. The van der Waals surface area contributed by atoms with Crippen molar-refractivity contribution in [3.05, 3.63) is 52.5 Å². The highest BCUT2D eigenvalue weighted by Crippen LogP contribution is 2.37. The molecule has 3 rings (SSSR count). The molecule has 35 heavy (non-hydrogen) atoms. The van der Waals surface area contributed by atoms with Crippen molar-refractivity contribution in [2.75, 3.05) is 43.9 Å². The van der Waals surface area contributed by atoms with Gasteiger partial charge in [0.15, 0.2) is 16.4 Å². The van der Waals surface area contributed by atoms with Crippen LogP contribution in [0.25, 0.3) is 0 Å². The molecule has 1 fully saturated rings. The minimum atomic E-state index is -4.69. The van der Waals surface area contributed by atoms with Crippen molar-refractivity contribution in [3.63, 3.8) is 0 Å². The normalized spacial score (nSPS) is 15.3. The predicted molar refractivity (Wildman–Crippen MR) is 116 cm³/mol. The SMILES string of the molecule is CS(=O)(=O)c1ccc(OCC(F)(F)F)c(C(=O)N2CCN(c3ccc(Cl)c(C(F)(F)F)c3)CC2)c1.